The molecule has 3 nitrogen and oxygen atoms in total. The van der Waals surface area contributed by atoms with E-state index in [0.717, 1.165) is 40.1 Å². The van der Waals surface area contributed by atoms with E-state index in [2.05, 4.69) is 24.3 Å². The van der Waals surface area contributed by atoms with Crippen molar-refractivity contribution in [2.75, 3.05) is 18.8 Å². The van der Waals surface area contributed by atoms with Gasteiger partial charge in [-0.3, -0.25) is 4.79 Å². The number of pyridine rings is 1. The van der Waals surface area contributed by atoms with Crippen LogP contribution in [0.25, 0.3) is 22.2 Å². The normalized spacial score (nSPS) is 10.4. The van der Waals surface area contributed by atoms with E-state index in [1.807, 2.05) is 55.1 Å². The van der Waals surface area contributed by atoms with Gasteiger partial charge in [0.25, 0.3) is 0 Å². The van der Waals surface area contributed by atoms with Crippen molar-refractivity contribution in [3.05, 3.63) is 60.7 Å². The second kappa shape index (κ2) is 9.60. The van der Waals surface area contributed by atoms with Crippen LogP contribution in [0.1, 0.15) is 13.8 Å². The van der Waals surface area contributed by atoms with Crippen LogP contribution in [0, 0.1) is 0 Å². The molecule has 26 heavy (non-hydrogen) atoms. The van der Waals surface area contributed by atoms with Gasteiger partial charge in [-0.15, -0.1) is 24.2 Å². The predicted molar refractivity (Wildman–Crippen MR) is 113 cm³/mol. The topological polar surface area (TPSA) is 33.2 Å². The van der Waals surface area contributed by atoms with E-state index >= 15 is 0 Å². The van der Waals surface area contributed by atoms with Crippen molar-refractivity contribution in [3.63, 3.8) is 0 Å². The number of hydrogen-bond donors (Lipinski definition) is 0. The van der Waals surface area contributed by atoms with Crippen LogP contribution in [0.3, 0.4) is 0 Å². The molecule has 0 aliphatic rings. The van der Waals surface area contributed by atoms with Gasteiger partial charge >= 0.3 is 0 Å². The molecule has 0 aliphatic heterocycles. The summed E-state index contributed by atoms with van der Waals surface area (Å²) in [5, 5.41) is 1.10. The van der Waals surface area contributed by atoms with Crippen LogP contribution in [0.4, 0.5) is 0 Å². The SMILES string of the molecule is CCN(CC)C(=O)CSc1cc(-c2ccccc2)nc2ccccc12.Cl. The van der Waals surface area contributed by atoms with Gasteiger partial charge in [0.15, 0.2) is 0 Å². The van der Waals surface area contributed by atoms with Crippen LogP contribution >= 0.6 is 24.2 Å². The van der Waals surface area contributed by atoms with Gasteiger partial charge in [-0.1, -0.05) is 48.5 Å². The lowest BCUT2D eigenvalue weighted by Crippen LogP contribution is -2.31. The van der Waals surface area contributed by atoms with Gasteiger partial charge in [0.1, 0.15) is 0 Å². The summed E-state index contributed by atoms with van der Waals surface area (Å²) in [4.78, 5) is 20.1. The third-order valence-electron chi connectivity index (χ3n) is 4.22. The van der Waals surface area contributed by atoms with Crippen molar-refractivity contribution in [2.45, 2.75) is 18.7 Å². The monoisotopic (exact) mass is 386 g/mol. The number of thioether (sulfide) groups is 1. The Morgan fingerprint density at radius 1 is 1.00 bits per heavy atom. The largest absolute Gasteiger partial charge is 0.343 e. The molecule has 0 spiro atoms. The maximum Gasteiger partial charge on any atom is 0.232 e. The van der Waals surface area contributed by atoms with Gasteiger partial charge in [0.2, 0.25) is 5.91 Å². The lowest BCUT2D eigenvalue weighted by Gasteiger charge is -2.18. The molecule has 0 fully saturated rings. The Balaban J connectivity index is 0.00000243. The van der Waals surface area contributed by atoms with Crippen molar-refractivity contribution >= 4 is 41.0 Å². The Morgan fingerprint density at radius 3 is 2.35 bits per heavy atom. The zero-order chi connectivity index (χ0) is 17.6. The fraction of sp³-hybridized carbons (Fsp3) is 0.238. The number of fused-ring (bicyclic) bond motifs is 1. The van der Waals surface area contributed by atoms with E-state index < -0.39 is 0 Å². The Hall–Kier alpha value is -2.04. The molecule has 0 N–H and O–H groups in total. The molecule has 0 radical (unpaired) electrons. The van der Waals surface area contributed by atoms with Crippen molar-refractivity contribution in [1.29, 1.82) is 0 Å². The van der Waals surface area contributed by atoms with E-state index in [4.69, 9.17) is 4.98 Å². The molecule has 2 aromatic carbocycles. The van der Waals surface area contributed by atoms with Gasteiger partial charge in [0.05, 0.1) is 17.0 Å². The number of nitrogens with zero attached hydrogens (tertiary/aromatic N) is 2. The number of rotatable bonds is 6. The first-order valence-corrected chi connectivity index (χ1v) is 9.57. The molecule has 1 heterocycles. The van der Waals surface area contributed by atoms with Gasteiger partial charge in [-0.05, 0) is 26.0 Å². The molecule has 1 amide bonds. The molecule has 0 unspecified atom stereocenters. The molecule has 0 bridgehead atoms. The van der Waals surface area contributed by atoms with Crippen LogP contribution in [0.5, 0.6) is 0 Å². The van der Waals surface area contributed by atoms with Crippen LogP contribution in [-0.2, 0) is 4.79 Å². The smallest absolute Gasteiger partial charge is 0.232 e. The highest BCUT2D eigenvalue weighted by molar-refractivity contribution is 8.00. The summed E-state index contributed by atoms with van der Waals surface area (Å²) in [6, 6.07) is 20.4. The summed E-state index contributed by atoms with van der Waals surface area (Å²) >= 11 is 1.59. The van der Waals surface area contributed by atoms with Gasteiger partial charge in [0, 0.05) is 28.9 Å². The minimum Gasteiger partial charge on any atom is -0.343 e. The summed E-state index contributed by atoms with van der Waals surface area (Å²) < 4.78 is 0. The number of benzene rings is 2. The third-order valence-corrected chi connectivity index (χ3v) is 5.26. The number of amides is 1. The third kappa shape index (κ3) is 4.57. The summed E-state index contributed by atoms with van der Waals surface area (Å²) in [7, 11) is 0. The number of carbonyl (C=O) groups excluding carboxylic acids is 1. The second-order valence-electron chi connectivity index (χ2n) is 5.74. The van der Waals surface area contributed by atoms with Crippen molar-refractivity contribution < 1.29 is 4.79 Å². The Labute approximate surface area is 165 Å². The number of carbonyl (C=O) groups is 1. The molecule has 136 valence electrons. The van der Waals surface area contributed by atoms with Crippen LogP contribution < -0.4 is 0 Å². The molecular formula is C21H23ClN2OS. The number of para-hydroxylation sites is 1. The number of hydrogen-bond acceptors (Lipinski definition) is 3. The minimum atomic E-state index is 0. The van der Waals surface area contributed by atoms with E-state index in [9.17, 15) is 4.79 Å². The van der Waals surface area contributed by atoms with Gasteiger partial charge in [-0.2, -0.15) is 0 Å². The zero-order valence-corrected chi connectivity index (χ0v) is 16.6. The molecule has 5 heteroatoms. The lowest BCUT2D eigenvalue weighted by atomic mass is 10.1. The number of halogens is 1. The molecule has 0 saturated heterocycles. The average Bonchev–Trinajstić information content (AvgIpc) is 2.67. The molecule has 0 saturated carbocycles. The first-order valence-electron chi connectivity index (χ1n) is 8.58. The van der Waals surface area contributed by atoms with E-state index in [-0.39, 0.29) is 18.3 Å². The van der Waals surface area contributed by atoms with Crippen LogP contribution in [-0.4, -0.2) is 34.6 Å². The van der Waals surface area contributed by atoms with Crippen molar-refractivity contribution in [3.8, 4) is 11.3 Å². The fourth-order valence-corrected chi connectivity index (χ4v) is 3.81. The summed E-state index contributed by atoms with van der Waals surface area (Å²) in [6.07, 6.45) is 0. The average molecular weight is 387 g/mol. The molecule has 1 aromatic heterocycles. The standard InChI is InChI=1S/C21H22N2OS.ClH/c1-3-23(4-2)21(24)15-25-20-14-19(16-10-6-5-7-11-16)22-18-13-9-8-12-17(18)20;/h5-14H,3-4,15H2,1-2H3;1H. The molecule has 3 aromatic rings. The Kier molecular flexibility index (Phi) is 7.49. The summed E-state index contributed by atoms with van der Waals surface area (Å²) in [5.74, 6) is 0.626. The molecule has 0 atom stereocenters. The minimum absolute atomic E-state index is 0. The summed E-state index contributed by atoms with van der Waals surface area (Å²) in [5.41, 5.74) is 2.99. The Bertz CT molecular complexity index is 866. The lowest BCUT2D eigenvalue weighted by molar-refractivity contribution is -0.127. The van der Waals surface area contributed by atoms with Gasteiger partial charge < -0.3 is 4.90 Å². The first-order chi connectivity index (χ1) is 12.2. The number of aromatic nitrogens is 1. The molecular weight excluding hydrogens is 364 g/mol. The van der Waals surface area contributed by atoms with E-state index in [0.29, 0.717) is 5.75 Å². The molecule has 3 rings (SSSR count). The van der Waals surface area contributed by atoms with Crippen molar-refractivity contribution in [2.24, 2.45) is 0 Å². The maximum atomic E-state index is 12.4. The summed E-state index contributed by atoms with van der Waals surface area (Å²) in [6.45, 7) is 5.54. The second-order valence-corrected chi connectivity index (χ2v) is 6.76. The van der Waals surface area contributed by atoms with Crippen LogP contribution in [0.15, 0.2) is 65.6 Å². The van der Waals surface area contributed by atoms with E-state index in [1.54, 1.807) is 11.8 Å². The zero-order valence-electron chi connectivity index (χ0n) is 15.0. The Morgan fingerprint density at radius 2 is 1.65 bits per heavy atom. The quantitative estimate of drug-likeness (QED) is 0.540. The highest BCUT2D eigenvalue weighted by atomic mass is 35.5. The van der Waals surface area contributed by atoms with Crippen molar-refractivity contribution in [1.82, 2.24) is 9.88 Å². The first kappa shape index (κ1) is 20.3. The highest BCUT2D eigenvalue weighted by Crippen LogP contribution is 2.31. The fourth-order valence-electron chi connectivity index (χ4n) is 2.83. The maximum absolute atomic E-state index is 12.4. The van der Waals surface area contributed by atoms with Crippen LogP contribution in [0.2, 0.25) is 0 Å². The van der Waals surface area contributed by atoms with E-state index in [1.165, 1.54) is 0 Å². The van der Waals surface area contributed by atoms with Gasteiger partial charge in [-0.25, -0.2) is 4.98 Å². The predicted octanol–water partition coefficient (Wildman–Crippen LogP) is 5.28. The highest BCUT2D eigenvalue weighted by Gasteiger charge is 2.13. The molecule has 0 aliphatic carbocycles.